The Hall–Kier alpha value is -1.36. The Morgan fingerprint density at radius 1 is 1.00 bits per heavy atom. The third-order valence-corrected chi connectivity index (χ3v) is 3.18. The highest BCUT2D eigenvalue weighted by Crippen LogP contribution is 2.21. The van der Waals surface area contributed by atoms with Crippen LogP contribution in [0.25, 0.3) is 0 Å². The van der Waals surface area contributed by atoms with Gasteiger partial charge in [-0.25, -0.2) is 4.79 Å². The van der Waals surface area contributed by atoms with Gasteiger partial charge in [0.1, 0.15) is 0 Å². The van der Waals surface area contributed by atoms with Crippen molar-refractivity contribution in [2.45, 2.75) is 52.7 Å². The maximum atomic E-state index is 11.8. The molecule has 0 aliphatic heterocycles. The van der Waals surface area contributed by atoms with Crippen molar-refractivity contribution in [1.29, 1.82) is 0 Å². The summed E-state index contributed by atoms with van der Waals surface area (Å²) in [6, 6.07) is 0. The van der Waals surface area contributed by atoms with Gasteiger partial charge in [-0.2, -0.15) is 0 Å². The number of carbonyl (C=O) groups is 2. The number of amides is 1. The van der Waals surface area contributed by atoms with Gasteiger partial charge in [0.15, 0.2) is 0 Å². The number of hydrogen-bond acceptors (Lipinski definition) is 3. The van der Waals surface area contributed by atoms with Crippen LogP contribution in [0, 0.1) is 0 Å². The molecule has 5 nitrogen and oxygen atoms in total. The lowest BCUT2D eigenvalue weighted by Gasteiger charge is -2.38. The van der Waals surface area contributed by atoms with Crippen LogP contribution in [0.4, 0.5) is 0 Å². The van der Waals surface area contributed by atoms with E-state index in [2.05, 4.69) is 5.32 Å². The van der Waals surface area contributed by atoms with E-state index >= 15 is 0 Å². The second-order valence-electron chi connectivity index (χ2n) is 5.19. The molecule has 0 unspecified atom stereocenters. The number of rotatable bonds is 4. The van der Waals surface area contributed by atoms with Crippen LogP contribution in [0.1, 0.15) is 41.5 Å². The van der Waals surface area contributed by atoms with Gasteiger partial charge >= 0.3 is 5.97 Å². The highest BCUT2D eigenvalue weighted by Gasteiger charge is 2.36. The number of carboxylic acid groups (broad SMARTS) is 1. The molecule has 0 spiro atoms. The molecular formula is C12H21NO4. The quantitative estimate of drug-likeness (QED) is 0.645. The SMILES string of the molecule is CC(C(=O)O)=C(C)C(=O)NC(C)(C)C(C)(C)O. The molecule has 3 N–H and O–H groups in total. The highest BCUT2D eigenvalue weighted by molar-refractivity contribution is 6.01. The van der Waals surface area contributed by atoms with Gasteiger partial charge < -0.3 is 15.5 Å². The van der Waals surface area contributed by atoms with Gasteiger partial charge in [-0.05, 0) is 41.5 Å². The van der Waals surface area contributed by atoms with Crippen LogP contribution < -0.4 is 5.32 Å². The van der Waals surface area contributed by atoms with Gasteiger partial charge in [-0.1, -0.05) is 0 Å². The average molecular weight is 243 g/mol. The zero-order valence-electron chi connectivity index (χ0n) is 11.2. The Labute approximate surface area is 102 Å². The summed E-state index contributed by atoms with van der Waals surface area (Å²) in [5.74, 6) is -1.62. The smallest absolute Gasteiger partial charge is 0.331 e. The lowest BCUT2D eigenvalue weighted by molar-refractivity contribution is -0.133. The van der Waals surface area contributed by atoms with E-state index in [1.165, 1.54) is 13.8 Å². The number of aliphatic hydroxyl groups is 1. The first-order valence-corrected chi connectivity index (χ1v) is 5.36. The number of aliphatic carboxylic acids is 1. The van der Waals surface area contributed by atoms with E-state index in [1.54, 1.807) is 27.7 Å². The highest BCUT2D eigenvalue weighted by atomic mass is 16.4. The zero-order chi connectivity index (χ0) is 14.0. The maximum absolute atomic E-state index is 11.8. The molecule has 0 aromatic carbocycles. The number of nitrogens with one attached hydrogen (secondary N) is 1. The van der Waals surface area contributed by atoms with Crippen molar-refractivity contribution in [1.82, 2.24) is 5.32 Å². The summed E-state index contributed by atoms with van der Waals surface area (Å²) in [6.45, 7) is 9.32. The molecule has 0 saturated carbocycles. The summed E-state index contributed by atoms with van der Waals surface area (Å²) in [4.78, 5) is 22.5. The molecule has 5 heteroatoms. The molecule has 98 valence electrons. The molecule has 0 bridgehead atoms. The van der Waals surface area contributed by atoms with Gasteiger partial charge in [-0.15, -0.1) is 0 Å². The van der Waals surface area contributed by atoms with Crippen molar-refractivity contribution in [3.63, 3.8) is 0 Å². The van der Waals surface area contributed by atoms with Crippen LogP contribution >= 0.6 is 0 Å². The van der Waals surface area contributed by atoms with Crippen LogP contribution in [0.2, 0.25) is 0 Å². The lowest BCUT2D eigenvalue weighted by Crippen LogP contribution is -2.58. The summed E-state index contributed by atoms with van der Waals surface area (Å²) in [5.41, 5.74) is -1.84. The molecule has 0 aliphatic rings. The van der Waals surface area contributed by atoms with Crippen LogP contribution in [0.5, 0.6) is 0 Å². The van der Waals surface area contributed by atoms with Crippen LogP contribution in [-0.2, 0) is 9.59 Å². The van der Waals surface area contributed by atoms with Crippen LogP contribution in [0.3, 0.4) is 0 Å². The molecule has 0 heterocycles. The summed E-state index contributed by atoms with van der Waals surface area (Å²) in [6.07, 6.45) is 0. The van der Waals surface area contributed by atoms with Gasteiger partial charge in [-0.3, -0.25) is 4.79 Å². The van der Waals surface area contributed by atoms with E-state index in [1.807, 2.05) is 0 Å². The van der Waals surface area contributed by atoms with Crippen molar-refractivity contribution in [2.75, 3.05) is 0 Å². The van der Waals surface area contributed by atoms with Crippen molar-refractivity contribution in [3.05, 3.63) is 11.1 Å². The fourth-order valence-corrected chi connectivity index (χ4v) is 0.861. The maximum Gasteiger partial charge on any atom is 0.331 e. The normalized spacial score (nSPS) is 14.1. The summed E-state index contributed by atoms with van der Waals surface area (Å²) in [5, 5.41) is 21.3. The van der Waals surface area contributed by atoms with E-state index in [4.69, 9.17) is 5.11 Å². The first kappa shape index (κ1) is 15.6. The minimum absolute atomic E-state index is 0.00551. The zero-order valence-corrected chi connectivity index (χ0v) is 11.2. The first-order chi connectivity index (χ1) is 7.40. The molecule has 0 radical (unpaired) electrons. The third-order valence-electron chi connectivity index (χ3n) is 3.18. The van der Waals surface area contributed by atoms with Crippen LogP contribution in [-0.4, -0.2) is 33.2 Å². The second-order valence-corrected chi connectivity index (χ2v) is 5.19. The summed E-state index contributed by atoms with van der Waals surface area (Å²) >= 11 is 0. The molecule has 0 aliphatic carbocycles. The van der Waals surface area contributed by atoms with Gasteiger partial charge in [0, 0.05) is 11.1 Å². The number of carboxylic acids is 1. The Morgan fingerprint density at radius 2 is 1.41 bits per heavy atom. The Kier molecular flexibility index (Phi) is 4.48. The monoisotopic (exact) mass is 243 g/mol. The topological polar surface area (TPSA) is 86.6 Å². The summed E-state index contributed by atoms with van der Waals surface area (Å²) < 4.78 is 0. The van der Waals surface area contributed by atoms with Gasteiger partial charge in [0.25, 0.3) is 0 Å². The summed E-state index contributed by atoms with van der Waals surface area (Å²) in [7, 11) is 0. The average Bonchev–Trinajstić information content (AvgIpc) is 2.12. The Morgan fingerprint density at radius 3 is 1.71 bits per heavy atom. The van der Waals surface area contributed by atoms with E-state index in [0.29, 0.717) is 0 Å². The Bertz CT molecular complexity index is 361. The predicted molar refractivity (Wildman–Crippen MR) is 64.5 cm³/mol. The van der Waals surface area contributed by atoms with Crippen LogP contribution in [0.15, 0.2) is 11.1 Å². The Balaban J connectivity index is 5.03. The molecule has 0 aromatic rings. The van der Waals surface area contributed by atoms with Crippen molar-refractivity contribution >= 4 is 11.9 Å². The largest absolute Gasteiger partial charge is 0.478 e. The van der Waals surface area contributed by atoms with Gasteiger partial charge in [0.2, 0.25) is 5.91 Å². The minimum Gasteiger partial charge on any atom is -0.478 e. The first-order valence-electron chi connectivity index (χ1n) is 5.36. The predicted octanol–water partition coefficient (Wildman–Crippen LogP) is 1.07. The molecule has 0 aromatic heterocycles. The lowest BCUT2D eigenvalue weighted by atomic mass is 9.85. The number of hydrogen-bond donors (Lipinski definition) is 3. The van der Waals surface area contributed by atoms with Crippen molar-refractivity contribution < 1.29 is 19.8 Å². The van der Waals surface area contributed by atoms with Crippen molar-refractivity contribution in [2.24, 2.45) is 0 Å². The molecule has 0 rings (SSSR count). The standard InChI is InChI=1S/C12H21NO4/c1-7(8(2)10(15)16)9(14)13-11(3,4)12(5,6)17/h17H,1-6H3,(H,13,14)(H,15,16). The third kappa shape index (κ3) is 3.85. The fourth-order valence-electron chi connectivity index (χ4n) is 0.861. The minimum atomic E-state index is -1.13. The molecule has 1 amide bonds. The van der Waals surface area contributed by atoms with Crippen molar-refractivity contribution in [3.8, 4) is 0 Å². The van der Waals surface area contributed by atoms with E-state index in [0.717, 1.165) is 0 Å². The van der Waals surface area contributed by atoms with Gasteiger partial charge in [0.05, 0.1) is 11.1 Å². The van der Waals surface area contributed by atoms with E-state index < -0.39 is 23.0 Å². The molecule has 17 heavy (non-hydrogen) atoms. The van der Waals surface area contributed by atoms with E-state index in [9.17, 15) is 14.7 Å². The number of carbonyl (C=O) groups excluding carboxylic acids is 1. The molecular weight excluding hydrogens is 222 g/mol. The second kappa shape index (κ2) is 4.87. The molecule has 0 saturated heterocycles. The fraction of sp³-hybridized carbons (Fsp3) is 0.667. The molecule has 0 fully saturated rings. The molecule has 0 atom stereocenters. The van der Waals surface area contributed by atoms with E-state index in [-0.39, 0.29) is 11.1 Å².